The number of carbonyl (C=O) groups excluding carboxylic acids is 1. The van der Waals surface area contributed by atoms with Gasteiger partial charge in [0.05, 0.1) is 10.9 Å². The summed E-state index contributed by atoms with van der Waals surface area (Å²) in [5.74, 6) is 0.668. The van der Waals surface area contributed by atoms with Gasteiger partial charge in [-0.2, -0.15) is 4.98 Å². The maximum absolute atomic E-state index is 12.3. The first-order chi connectivity index (χ1) is 11.7. The smallest absolute Gasteiger partial charge is 0.250 e. The van der Waals surface area contributed by atoms with Gasteiger partial charge in [-0.3, -0.25) is 14.9 Å². The lowest BCUT2D eigenvalue weighted by molar-refractivity contribution is -0.111. The molecule has 7 nitrogen and oxygen atoms in total. The molecule has 2 N–H and O–H groups in total. The van der Waals surface area contributed by atoms with Gasteiger partial charge in [-0.25, -0.2) is 5.10 Å². The predicted octanol–water partition coefficient (Wildman–Crippen LogP) is 2.68. The molecule has 0 radical (unpaired) electrons. The van der Waals surface area contributed by atoms with Crippen molar-refractivity contribution in [3.8, 4) is 0 Å². The van der Waals surface area contributed by atoms with Gasteiger partial charge in [0.15, 0.2) is 5.43 Å². The quantitative estimate of drug-likeness (QED) is 0.546. The average Bonchev–Trinajstić information content (AvgIpc) is 3.02. The second kappa shape index (κ2) is 7.14. The van der Waals surface area contributed by atoms with Crippen LogP contribution in [0.5, 0.6) is 0 Å². The summed E-state index contributed by atoms with van der Waals surface area (Å²) < 4.78 is 5.39. The summed E-state index contributed by atoms with van der Waals surface area (Å²) in [5, 5.41) is 10.2. The molecule has 0 saturated carbocycles. The highest BCUT2D eigenvalue weighted by Crippen LogP contribution is 2.13. The maximum Gasteiger partial charge on any atom is 0.250 e. The number of aromatic nitrogens is 3. The molecular weight excluding hydrogens is 328 g/mol. The van der Waals surface area contributed by atoms with Gasteiger partial charge in [-0.05, 0) is 24.0 Å². The van der Waals surface area contributed by atoms with Gasteiger partial charge in [0, 0.05) is 6.08 Å². The van der Waals surface area contributed by atoms with Crippen LogP contribution < -0.4 is 10.7 Å². The molecule has 2 heterocycles. The fraction of sp³-hybridized carbons (Fsp3) is 0.125. The standard InChI is InChI=1S/C16H14N4O3S/c1-2-24-16-18-15(19-20-16)17-13(21)8-7-10-9-23-12-6-4-3-5-11(12)14(10)22/h3-9H,2H2,1H3,(H2,17,18,19,20,21)/b8-7+. The van der Waals surface area contributed by atoms with E-state index < -0.39 is 5.91 Å². The van der Waals surface area contributed by atoms with E-state index in [4.69, 9.17) is 4.42 Å². The Balaban J connectivity index is 1.74. The van der Waals surface area contributed by atoms with Crippen LogP contribution in [0.2, 0.25) is 0 Å². The van der Waals surface area contributed by atoms with Crippen molar-refractivity contribution >= 4 is 40.7 Å². The SMILES string of the molecule is CCSc1n[nH]c(NC(=O)/C=C/c2coc3ccccc3c2=O)n1. The van der Waals surface area contributed by atoms with E-state index in [1.54, 1.807) is 24.3 Å². The van der Waals surface area contributed by atoms with Gasteiger partial charge in [-0.1, -0.05) is 30.8 Å². The molecule has 8 heteroatoms. The third-order valence-corrected chi connectivity index (χ3v) is 3.83. The molecule has 1 amide bonds. The molecule has 0 atom stereocenters. The van der Waals surface area contributed by atoms with Gasteiger partial charge in [0.25, 0.3) is 5.91 Å². The number of rotatable bonds is 5. The Morgan fingerprint density at radius 1 is 1.42 bits per heavy atom. The zero-order valence-corrected chi connectivity index (χ0v) is 13.6. The Labute approximate surface area is 141 Å². The number of carbonyl (C=O) groups is 1. The maximum atomic E-state index is 12.3. The Morgan fingerprint density at radius 3 is 3.08 bits per heavy atom. The van der Waals surface area contributed by atoms with Gasteiger partial charge >= 0.3 is 0 Å². The average molecular weight is 342 g/mol. The summed E-state index contributed by atoms with van der Waals surface area (Å²) in [6, 6.07) is 6.94. The number of anilines is 1. The number of aromatic amines is 1. The molecule has 0 unspecified atom stereocenters. The number of H-pyrrole nitrogens is 1. The Hall–Kier alpha value is -2.87. The highest BCUT2D eigenvalue weighted by atomic mass is 32.2. The fourth-order valence-electron chi connectivity index (χ4n) is 2.03. The summed E-state index contributed by atoms with van der Waals surface area (Å²) in [6.45, 7) is 1.98. The number of amides is 1. The number of para-hydroxylation sites is 1. The van der Waals surface area contributed by atoms with Crippen LogP contribution in [0.25, 0.3) is 17.0 Å². The van der Waals surface area contributed by atoms with E-state index >= 15 is 0 Å². The van der Waals surface area contributed by atoms with Crippen LogP contribution >= 0.6 is 11.8 Å². The first-order valence-corrected chi connectivity index (χ1v) is 8.20. The van der Waals surface area contributed by atoms with Crippen LogP contribution in [0.4, 0.5) is 5.95 Å². The second-order valence-corrected chi connectivity index (χ2v) is 5.97. The minimum atomic E-state index is -0.424. The molecule has 0 aliphatic heterocycles. The Bertz CT molecular complexity index is 961. The lowest BCUT2D eigenvalue weighted by Crippen LogP contribution is -2.10. The highest BCUT2D eigenvalue weighted by molar-refractivity contribution is 7.99. The first kappa shape index (κ1) is 16.0. The van der Waals surface area contributed by atoms with E-state index in [1.807, 2.05) is 6.92 Å². The van der Waals surface area contributed by atoms with E-state index in [9.17, 15) is 9.59 Å². The van der Waals surface area contributed by atoms with Crippen LogP contribution in [0, 0.1) is 0 Å². The van der Waals surface area contributed by atoms with Crippen molar-refractivity contribution < 1.29 is 9.21 Å². The summed E-state index contributed by atoms with van der Waals surface area (Å²) in [4.78, 5) is 28.3. The first-order valence-electron chi connectivity index (χ1n) is 7.22. The number of thioether (sulfide) groups is 1. The predicted molar refractivity (Wildman–Crippen MR) is 92.9 cm³/mol. The molecule has 122 valence electrons. The van der Waals surface area contributed by atoms with Crippen LogP contribution in [-0.2, 0) is 4.79 Å². The fourth-order valence-corrected chi connectivity index (χ4v) is 2.55. The van der Waals surface area contributed by atoms with Crippen molar-refractivity contribution in [3.63, 3.8) is 0 Å². The number of nitrogens with zero attached hydrogens (tertiary/aromatic N) is 2. The molecule has 0 spiro atoms. The summed E-state index contributed by atoms with van der Waals surface area (Å²) >= 11 is 1.46. The molecule has 0 aliphatic rings. The lowest BCUT2D eigenvalue weighted by atomic mass is 10.1. The van der Waals surface area contributed by atoms with E-state index in [-0.39, 0.29) is 11.4 Å². The van der Waals surface area contributed by atoms with Crippen LogP contribution in [-0.4, -0.2) is 26.8 Å². The summed E-state index contributed by atoms with van der Waals surface area (Å²) in [7, 11) is 0. The molecule has 0 aliphatic carbocycles. The number of hydrogen-bond acceptors (Lipinski definition) is 6. The largest absolute Gasteiger partial charge is 0.463 e. The molecule has 2 aromatic heterocycles. The summed E-state index contributed by atoms with van der Waals surface area (Å²) in [5.41, 5.74) is 0.609. The van der Waals surface area contributed by atoms with E-state index in [0.29, 0.717) is 21.7 Å². The second-order valence-electron chi connectivity index (χ2n) is 4.74. The minimum absolute atomic E-state index is 0.192. The van der Waals surface area contributed by atoms with Crippen molar-refractivity contribution in [2.45, 2.75) is 12.1 Å². The molecule has 0 saturated heterocycles. The number of fused-ring (bicyclic) bond motifs is 1. The molecule has 1 aromatic carbocycles. The van der Waals surface area contributed by atoms with Crippen LogP contribution in [0.3, 0.4) is 0 Å². The monoisotopic (exact) mass is 342 g/mol. The molecule has 0 bridgehead atoms. The van der Waals surface area contributed by atoms with Gasteiger partial charge in [0.1, 0.15) is 11.8 Å². The normalized spacial score (nSPS) is 11.2. The molecule has 3 rings (SSSR count). The van der Waals surface area contributed by atoms with Crippen molar-refractivity contribution in [2.75, 3.05) is 11.1 Å². The van der Waals surface area contributed by atoms with Crippen LogP contribution in [0.1, 0.15) is 12.5 Å². The summed E-state index contributed by atoms with van der Waals surface area (Å²) in [6.07, 6.45) is 3.99. The van der Waals surface area contributed by atoms with Crippen LogP contribution in [0.15, 0.2) is 51.0 Å². The number of benzene rings is 1. The Kier molecular flexibility index (Phi) is 4.76. The van der Waals surface area contributed by atoms with Gasteiger partial charge < -0.3 is 4.42 Å². The van der Waals surface area contributed by atoms with E-state index in [0.717, 1.165) is 5.75 Å². The van der Waals surface area contributed by atoms with E-state index in [1.165, 1.54) is 30.2 Å². The zero-order valence-electron chi connectivity index (χ0n) is 12.8. The molecule has 3 aromatic rings. The molecule has 24 heavy (non-hydrogen) atoms. The van der Waals surface area contributed by atoms with Gasteiger partial charge in [-0.15, -0.1) is 5.10 Å². The molecule has 0 fully saturated rings. The highest BCUT2D eigenvalue weighted by Gasteiger charge is 2.07. The van der Waals surface area contributed by atoms with Crippen molar-refractivity contribution in [1.29, 1.82) is 0 Å². The zero-order chi connectivity index (χ0) is 16.9. The molecular formula is C16H14N4O3S. The number of nitrogens with one attached hydrogen (secondary N) is 2. The van der Waals surface area contributed by atoms with Crippen molar-refractivity contribution in [1.82, 2.24) is 15.2 Å². The topological polar surface area (TPSA) is 101 Å². The lowest BCUT2D eigenvalue weighted by Gasteiger charge is -1.98. The van der Waals surface area contributed by atoms with Crippen molar-refractivity contribution in [3.05, 3.63) is 52.4 Å². The minimum Gasteiger partial charge on any atom is -0.463 e. The van der Waals surface area contributed by atoms with E-state index in [2.05, 4.69) is 20.5 Å². The Morgan fingerprint density at radius 2 is 2.25 bits per heavy atom. The third kappa shape index (κ3) is 3.54. The third-order valence-electron chi connectivity index (χ3n) is 3.10. The van der Waals surface area contributed by atoms with Gasteiger partial charge in [0.2, 0.25) is 11.1 Å². The van der Waals surface area contributed by atoms with Crippen molar-refractivity contribution in [2.24, 2.45) is 0 Å². The number of hydrogen-bond donors (Lipinski definition) is 2.